The zero-order valence-corrected chi connectivity index (χ0v) is 12.3. The van der Waals surface area contributed by atoms with Crippen LogP contribution in [0, 0.1) is 0 Å². The van der Waals surface area contributed by atoms with E-state index >= 15 is 0 Å². The number of aromatic nitrogens is 1. The Kier molecular flexibility index (Phi) is 4.88. The van der Waals surface area contributed by atoms with Crippen molar-refractivity contribution >= 4 is 28.3 Å². The Morgan fingerprint density at radius 1 is 1.53 bits per heavy atom. The standard InChI is InChI=1S/C12H19N3O3S/c1-5-13-9(16)7(2)14-11-15-8(6-19-11)12(3,4)10(17)18/h6-7H,5H2,1-4H3,(H,13,16)(H,14,15)(H,17,18). The van der Waals surface area contributed by atoms with Crippen molar-refractivity contribution in [2.24, 2.45) is 0 Å². The Hall–Kier alpha value is -1.63. The third-order valence-electron chi connectivity index (χ3n) is 2.76. The Balaban J connectivity index is 2.76. The molecule has 3 N–H and O–H groups in total. The van der Waals surface area contributed by atoms with Crippen molar-refractivity contribution in [3.05, 3.63) is 11.1 Å². The second-order valence-electron chi connectivity index (χ2n) is 4.73. The van der Waals surface area contributed by atoms with E-state index in [-0.39, 0.29) is 5.91 Å². The van der Waals surface area contributed by atoms with Gasteiger partial charge in [0, 0.05) is 11.9 Å². The molecule has 1 amide bonds. The van der Waals surface area contributed by atoms with Gasteiger partial charge in [-0.05, 0) is 27.7 Å². The monoisotopic (exact) mass is 285 g/mol. The van der Waals surface area contributed by atoms with E-state index in [9.17, 15) is 9.59 Å². The van der Waals surface area contributed by atoms with Gasteiger partial charge in [0.05, 0.1) is 5.69 Å². The third-order valence-corrected chi connectivity index (χ3v) is 3.54. The molecule has 0 fully saturated rings. The van der Waals surface area contributed by atoms with Crippen LogP contribution >= 0.6 is 11.3 Å². The fraction of sp³-hybridized carbons (Fsp3) is 0.583. The van der Waals surface area contributed by atoms with E-state index in [0.717, 1.165) is 0 Å². The minimum absolute atomic E-state index is 0.114. The first-order chi connectivity index (χ1) is 8.78. The van der Waals surface area contributed by atoms with Gasteiger partial charge >= 0.3 is 5.97 Å². The molecule has 0 radical (unpaired) electrons. The molecule has 1 aromatic rings. The van der Waals surface area contributed by atoms with E-state index in [1.807, 2.05) is 6.92 Å². The van der Waals surface area contributed by atoms with Crippen LogP contribution < -0.4 is 10.6 Å². The van der Waals surface area contributed by atoms with Crippen LogP contribution in [0.25, 0.3) is 0 Å². The van der Waals surface area contributed by atoms with Crippen LogP contribution in [0.5, 0.6) is 0 Å². The first-order valence-corrected chi connectivity index (χ1v) is 6.90. The number of hydrogen-bond donors (Lipinski definition) is 3. The number of anilines is 1. The quantitative estimate of drug-likeness (QED) is 0.735. The minimum atomic E-state index is -1.04. The molecular formula is C12H19N3O3S. The number of likely N-dealkylation sites (N-methyl/N-ethyl adjacent to an activating group) is 1. The molecule has 0 aliphatic carbocycles. The second-order valence-corrected chi connectivity index (χ2v) is 5.59. The summed E-state index contributed by atoms with van der Waals surface area (Å²) in [6.45, 7) is 7.35. The molecule has 0 spiro atoms. The van der Waals surface area contributed by atoms with E-state index in [0.29, 0.717) is 17.4 Å². The van der Waals surface area contributed by atoms with Gasteiger partial charge in [0.15, 0.2) is 5.13 Å². The van der Waals surface area contributed by atoms with Crippen molar-refractivity contribution in [1.82, 2.24) is 10.3 Å². The number of carboxylic acid groups (broad SMARTS) is 1. The van der Waals surface area contributed by atoms with E-state index in [4.69, 9.17) is 5.11 Å². The first-order valence-electron chi connectivity index (χ1n) is 6.02. The number of thiazole rings is 1. The molecule has 0 saturated carbocycles. The molecular weight excluding hydrogens is 266 g/mol. The fourth-order valence-electron chi connectivity index (χ4n) is 1.31. The van der Waals surface area contributed by atoms with Crippen LogP contribution in [-0.4, -0.2) is 34.6 Å². The average Bonchev–Trinajstić information content (AvgIpc) is 2.78. The number of aliphatic carboxylic acids is 1. The van der Waals surface area contributed by atoms with E-state index in [1.54, 1.807) is 26.2 Å². The van der Waals surface area contributed by atoms with Crippen molar-refractivity contribution in [3.8, 4) is 0 Å². The Labute approximate surface area is 116 Å². The topological polar surface area (TPSA) is 91.3 Å². The molecule has 0 aliphatic rings. The Morgan fingerprint density at radius 3 is 2.68 bits per heavy atom. The Morgan fingerprint density at radius 2 is 2.16 bits per heavy atom. The van der Waals surface area contributed by atoms with Crippen molar-refractivity contribution in [1.29, 1.82) is 0 Å². The van der Waals surface area contributed by atoms with Crippen LogP contribution in [0.2, 0.25) is 0 Å². The summed E-state index contributed by atoms with van der Waals surface area (Å²) >= 11 is 1.29. The number of nitrogens with zero attached hydrogens (tertiary/aromatic N) is 1. The smallest absolute Gasteiger partial charge is 0.315 e. The van der Waals surface area contributed by atoms with Crippen LogP contribution in [0.15, 0.2) is 5.38 Å². The van der Waals surface area contributed by atoms with Crippen molar-refractivity contribution in [2.45, 2.75) is 39.2 Å². The van der Waals surface area contributed by atoms with Gasteiger partial charge in [-0.1, -0.05) is 0 Å². The summed E-state index contributed by atoms with van der Waals surface area (Å²) in [5.74, 6) is -1.04. The third kappa shape index (κ3) is 3.66. The highest BCUT2D eigenvalue weighted by atomic mass is 32.1. The number of amides is 1. The van der Waals surface area contributed by atoms with Crippen LogP contribution in [0.3, 0.4) is 0 Å². The summed E-state index contributed by atoms with van der Waals surface area (Å²) in [6.07, 6.45) is 0. The fourth-order valence-corrected chi connectivity index (χ4v) is 2.28. The van der Waals surface area contributed by atoms with Gasteiger partial charge < -0.3 is 15.7 Å². The van der Waals surface area contributed by atoms with Crippen LogP contribution in [-0.2, 0) is 15.0 Å². The molecule has 1 unspecified atom stereocenters. The number of hydrogen-bond acceptors (Lipinski definition) is 5. The highest BCUT2D eigenvalue weighted by Gasteiger charge is 2.32. The van der Waals surface area contributed by atoms with Crippen LogP contribution in [0.1, 0.15) is 33.4 Å². The van der Waals surface area contributed by atoms with E-state index < -0.39 is 17.4 Å². The van der Waals surface area contributed by atoms with Crippen LogP contribution in [0.4, 0.5) is 5.13 Å². The lowest BCUT2D eigenvalue weighted by Gasteiger charge is -2.16. The summed E-state index contributed by atoms with van der Waals surface area (Å²) < 4.78 is 0. The zero-order chi connectivity index (χ0) is 14.6. The van der Waals surface area contributed by atoms with Gasteiger partial charge in [0.2, 0.25) is 5.91 Å². The van der Waals surface area contributed by atoms with Gasteiger partial charge in [0.25, 0.3) is 0 Å². The van der Waals surface area contributed by atoms with Gasteiger partial charge in [0.1, 0.15) is 11.5 Å². The largest absolute Gasteiger partial charge is 0.481 e. The molecule has 0 bridgehead atoms. The lowest BCUT2D eigenvalue weighted by atomic mass is 9.90. The predicted molar refractivity (Wildman–Crippen MR) is 74.5 cm³/mol. The predicted octanol–water partition coefficient (Wildman–Crippen LogP) is 1.44. The number of carbonyl (C=O) groups excluding carboxylic acids is 1. The molecule has 0 saturated heterocycles. The normalized spacial score (nSPS) is 12.8. The lowest BCUT2D eigenvalue weighted by Crippen LogP contribution is -2.37. The van der Waals surface area contributed by atoms with Gasteiger partial charge in [-0.25, -0.2) is 4.98 Å². The Bertz CT molecular complexity index is 471. The molecule has 1 atom stereocenters. The van der Waals surface area contributed by atoms with E-state index in [1.165, 1.54) is 11.3 Å². The van der Waals surface area contributed by atoms with E-state index in [2.05, 4.69) is 15.6 Å². The zero-order valence-electron chi connectivity index (χ0n) is 11.5. The number of rotatable bonds is 6. The summed E-state index contributed by atoms with van der Waals surface area (Å²) in [6, 6.07) is -0.410. The average molecular weight is 285 g/mol. The SMILES string of the molecule is CCNC(=O)C(C)Nc1nc(C(C)(C)C(=O)O)cs1. The number of carboxylic acids is 1. The maximum atomic E-state index is 11.6. The molecule has 1 aromatic heterocycles. The summed E-state index contributed by atoms with van der Waals surface area (Å²) in [5.41, 5.74) is -0.554. The molecule has 0 aromatic carbocycles. The summed E-state index contributed by atoms with van der Waals surface area (Å²) in [4.78, 5) is 26.9. The molecule has 1 rings (SSSR count). The highest BCUT2D eigenvalue weighted by Crippen LogP contribution is 2.27. The van der Waals surface area contributed by atoms with Gasteiger partial charge in [-0.15, -0.1) is 11.3 Å². The molecule has 19 heavy (non-hydrogen) atoms. The molecule has 7 heteroatoms. The molecule has 6 nitrogen and oxygen atoms in total. The van der Waals surface area contributed by atoms with Gasteiger partial charge in [-0.2, -0.15) is 0 Å². The molecule has 0 aliphatic heterocycles. The highest BCUT2D eigenvalue weighted by molar-refractivity contribution is 7.13. The summed E-state index contributed by atoms with van der Waals surface area (Å²) in [5, 5.41) is 17.0. The summed E-state index contributed by atoms with van der Waals surface area (Å²) in [7, 11) is 0. The maximum absolute atomic E-state index is 11.6. The maximum Gasteiger partial charge on any atom is 0.315 e. The van der Waals surface area contributed by atoms with Crippen molar-refractivity contribution in [3.63, 3.8) is 0 Å². The van der Waals surface area contributed by atoms with Crippen molar-refractivity contribution < 1.29 is 14.7 Å². The minimum Gasteiger partial charge on any atom is -0.481 e. The number of carbonyl (C=O) groups is 2. The van der Waals surface area contributed by atoms with Crippen molar-refractivity contribution in [2.75, 3.05) is 11.9 Å². The second kappa shape index (κ2) is 6.01. The molecule has 106 valence electrons. The molecule has 1 heterocycles. The lowest BCUT2D eigenvalue weighted by molar-refractivity contribution is -0.142. The van der Waals surface area contributed by atoms with Gasteiger partial charge in [-0.3, -0.25) is 9.59 Å². The first kappa shape index (κ1) is 15.4. The number of nitrogens with one attached hydrogen (secondary N) is 2.